The molecule has 4 aromatic carbocycles. The van der Waals surface area contributed by atoms with E-state index in [1.54, 1.807) is 73.9 Å². The minimum absolute atomic E-state index is 0.108. The van der Waals surface area contributed by atoms with E-state index in [4.69, 9.17) is 38.7 Å². The zero-order chi connectivity index (χ0) is 75.9. The van der Waals surface area contributed by atoms with E-state index in [1.807, 2.05) is 105 Å². The van der Waals surface area contributed by atoms with E-state index >= 15 is 0 Å². The van der Waals surface area contributed by atoms with Crippen LogP contribution in [0.25, 0.3) is 43.8 Å². The molecule has 14 rings (SSSR count). The lowest BCUT2D eigenvalue weighted by atomic mass is 9.87. The lowest BCUT2D eigenvalue weighted by Crippen LogP contribution is -2.52. The summed E-state index contributed by atoms with van der Waals surface area (Å²) in [5.41, 5.74) is 10.7. The Bertz CT molecular complexity index is 4790. The third-order valence-corrected chi connectivity index (χ3v) is 20.8. The molecule has 28 heteroatoms. The van der Waals surface area contributed by atoms with Gasteiger partial charge in [-0.15, -0.1) is 0 Å². The number of anilines is 2. The molecule has 106 heavy (non-hydrogen) atoms. The SMILES string of the molecule is COc1cc(-c2cn(C)c(=O)c3cnc(N(C)C)cc23)cc(OC)c1CN1CCC(c2ccc3c(c2)C(=O)N(C2CCC(=O)NC2=O)C3)CC1.COc1cc(-c2cn(C)c(=O)c3cnc(N(C)C)cc23)cc(OC)c1CN1CCC(c2ccc3c(c2)CN(C2CCC(=O)NC2=O)C3=O)CC1.O=CO.O=CO. The number of rotatable bonds is 16. The molecule has 4 N–H and O–H groups in total. The summed E-state index contributed by atoms with van der Waals surface area (Å²) in [4.78, 5) is 138. The van der Waals surface area contributed by atoms with Gasteiger partial charge in [0.25, 0.3) is 35.9 Å². The molecule has 28 nitrogen and oxygen atoms in total. The fourth-order valence-electron chi connectivity index (χ4n) is 15.2. The minimum Gasteiger partial charge on any atom is -0.496 e. The van der Waals surface area contributed by atoms with Crippen LogP contribution in [0.2, 0.25) is 0 Å². The number of methoxy groups -OCH3 is 4. The molecule has 556 valence electrons. The van der Waals surface area contributed by atoms with Crippen molar-refractivity contribution in [1.82, 2.24) is 49.3 Å². The van der Waals surface area contributed by atoms with Gasteiger partial charge in [-0.2, -0.15) is 0 Å². The number of aryl methyl sites for hydroxylation is 2. The topological polar surface area (TPSA) is 327 Å². The summed E-state index contributed by atoms with van der Waals surface area (Å²) in [5.74, 6) is 3.37. The van der Waals surface area contributed by atoms with Crippen molar-refractivity contribution in [2.24, 2.45) is 14.1 Å². The molecular formula is C78H88N12O16. The van der Waals surface area contributed by atoms with Crippen LogP contribution in [0.5, 0.6) is 23.0 Å². The molecule has 4 aromatic heterocycles. The first-order valence-corrected chi connectivity index (χ1v) is 34.9. The zero-order valence-electron chi connectivity index (χ0n) is 61.1. The van der Waals surface area contributed by atoms with Crippen LogP contribution in [0.3, 0.4) is 0 Å². The molecule has 8 aromatic rings. The Morgan fingerprint density at radius 3 is 1.25 bits per heavy atom. The van der Waals surface area contributed by atoms with Crippen LogP contribution in [0.4, 0.5) is 11.6 Å². The van der Waals surface area contributed by atoms with Crippen LogP contribution < -0.4 is 50.5 Å². The molecule has 4 saturated heterocycles. The first-order chi connectivity index (χ1) is 50.9. The molecule has 4 fully saturated rings. The maximum atomic E-state index is 13.4. The van der Waals surface area contributed by atoms with E-state index in [0.29, 0.717) is 95.8 Å². The number of hydrogen-bond acceptors (Lipinski definition) is 20. The number of amides is 6. The monoisotopic (exact) mass is 1450 g/mol. The molecule has 0 bridgehead atoms. The van der Waals surface area contributed by atoms with Crippen LogP contribution >= 0.6 is 0 Å². The molecule has 2 atom stereocenters. The molecule has 0 radical (unpaired) electrons. The van der Waals surface area contributed by atoms with Gasteiger partial charge in [0, 0.05) is 139 Å². The second-order valence-electron chi connectivity index (χ2n) is 27.5. The molecule has 0 spiro atoms. The van der Waals surface area contributed by atoms with E-state index in [-0.39, 0.29) is 60.5 Å². The third kappa shape index (κ3) is 15.6. The number of imide groups is 2. The predicted molar refractivity (Wildman–Crippen MR) is 397 cm³/mol. The highest BCUT2D eigenvalue weighted by atomic mass is 16.5. The normalized spacial score (nSPS) is 17.6. The highest BCUT2D eigenvalue weighted by Crippen LogP contribution is 2.43. The lowest BCUT2D eigenvalue weighted by Gasteiger charge is -2.33. The Kier molecular flexibility index (Phi) is 23.3. The molecule has 6 aliphatic rings. The Labute approximate surface area is 612 Å². The van der Waals surface area contributed by atoms with Gasteiger partial charge in [-0.3, -0.25) is 68.4 Å². The van der Waals surface area contributed by atoms with Gasteiger partial charge in [-0.25, -0.2) is 9.97 Å². The van der Waals surface area contributed by atoms with Crippen LogP contribution in [-0.2, 0) is 69.0 Å². The molecular weight excluding hydrogens is 1360 g/mol. The predicted octanol–water partition coefficient (Wildman–Crippen LogP) is 7.05. The van der Waals surface area contributed by atoms with E-state index in [2.05, 4.69) is 48.6 Å². The number of hydrogen-bond donors (Lipinski definition) is 4. The highest BCUT2D eigenvalue weighted by molar-refractivity contribution is 6.07. The number of carbonyl (C=O) groups excluding carboxylic acids is 6. The van der Waals surface area contributed by atoms with Crippen LogP contribution in [0, 0.1) is 0 Å². The van der Waals surface area contributed by atoms with E-state index in [9.17, 15) is 38.4 Å². The lowest BCUT2D eigenvalue weighted by molar-refractivity contribution is -0.138. The molecule has 2 unspecified atom stereocenters. The zero-order valence-corrected chi connectivity index (χ0v) is 61.1. The van der Waals surface area contributed by atoms with Crippen molar-refractivity contribution in [3.63, 3.8) is 0 Å². The fourth-order valence-corrected chi connectivity index (χ4v) is 15.2. The number of piperidine rings is 4. The largest absolute Gasteiger partial charge is 0.496 e. The fraction of sp³-hybridized carbons (Fsp3) is 0.385. The molecule has 10 heterocycles. The van der Waals surface area contributed by atoms with Crippen molar-refractivity contribution in [2.45, 2.75) is 101 Å². The molecule has 6 aliphatic heterocycles. The van der Waals surface area contributed by atoms with E-state index < -0.39 is 23.9 Å². The summed E-state index contributed by atoms with van der Waals surface area (Å²) in [5, 5.41) is 21.2. The number of pyridine rings is 4. The van der Waals surface area contributed by atoms with Crippen LogP contribution in [0.1, 0.15) is 117 Å². The summed E-state index contributed by atoms with van der Waals surface area (Å²) >= 11 is 0. The summed E-state index contributed by atoms with van der Waals surface area (Å²) in [6.45, 7) is 5.04. The van der Waals surface area contributed by atoms with Crippen LogP contribution in [-0.4, -0.2) is 192 Å². The summed E-state index contributed by atoms with van der Waals surface area (Å²) in [6, 6.07) is 22.9. The molecule has 0 aliphatic carbocycles. The Balaban J connectivity index is 0.000000197. The average Bonchev–Trinajstić information content (AvgIpc) is 0.946. The number of carboxylic acid groups (broad SMARTS) is 2. The third-order valence-electron chi connectivity index (χ3n) is 20.8. The Morgan fingerprint density at radius 2 is 0.858 bits per heavy atom. The van der Waals surface area contributed by atoms with Crippen molar-refractivity contribution in [1.29, 1.82) is 0 Å². The van der Waals surface area contributed by atoms with Gasteiger partial charge in [0.15, 0.2) is 0 Å². The first kappa shape index (κ1) is 75.6. The van der Waals surface area contributed by atoms with Crippen LogP contribution in [0.15, 0.2) is 107 Å². The van der Waals surface area contributed by atoms with Gasteiger partial charge < -0.3 is 57.9 Å². The average molecular weight is 1450 g/mol. The van der Waals surface area contributed by atoms with Gasteiger partial charge in [0.2, 0.25) is 23.6 Å². The van der Waals surface area contributed by atoms with E-state index in [0.717, 1.165) is 124 Å². The number of ether oxygens (including phenoxy) is 4. The number of carbonyl (C=O) groups is 8. The van der Waals surface area contributed by atoms with Crippen molar-refractivity contribution in [3.8, 4) is 45.3 Å². The quantitative estimate of drug-likeness (QED) is 0.0556. The first-order valence-electron chi connectivity index (χ1n) is 34.9. The Morgan fingerprint density at radius 1 is 0.481 bits per heavy atom. The number of nitrogens with one attached hydrogen (secondary N) is 2. The maximum Gasteiger partial charge on any atom is 0.290 e. The van der Waals surface area contributed by atoms with Crippen molar-refractivity contribution < 1.29 is 67.5 Å². The number of aromatic nitrogens is 4. The van der Waals surface area contributed by atoms with Crippen molar-refractivity contribution >= 4 is 81.6 Å². The van der Waals surface area contributed by atoms with Gasteiger partial charge in [0.1, 0.15) is 46.7 Å². The summed E-state index contributed by atoms with van der Waals surface area (Å²) < 4.78 is 27.0. The number of nitrogens with zero attached hydrogens (tertiary/aromatic N) is 10. The maximum absolute atomic E-state index is 13.4. The minimum atomic E-state index is -0.615. The molecule has 0 saturated carbocycles. The number of fused-ring (bicyclic) bond motifs is 4. The number of benzene rings is 4. The summed E-state index contributed by atoms with van der Waals surface area (Å²) in [7, 11) is 17.8. The van der Waals surface area contributed by atoms with Gasteiger partial charge >= 0.3 is 0 Å². The van der Waals surface area contributed by atoms with Gasteiger partial charge in [-0.05, 0) is 158 Å². The smallest absolute Gasteiger partial charge is 0.290 e. The second kappa shape index (κ2) is 32.7. The Hall–Kier alpha value is -11.5. The summed E-state index contributed by atoms with van der Waals surface area (Å²) in [6.07, 6.45) is 11.9. The second-order valence-corrected chi connectivity index (χ2v) is 27.5. The van der Waals surface area contributed by atoms with Gasteiger partial charge in [-0.1, -0.05) is 24.3 Å². The molecule has 6 amide bonds. The van der Waals surface area contributed by atoms with Gasteiger partial charge in [0.05, 0.1) is 50.3 Å². The highest BCUT2D eigenvalue weighted by Gasteiger charge is 2.42. The van der Waals surface area contributed by atoms with Crippen molar-refractivity contribution in [2.75, 3.05) is 92.6 Å². The number of likely N-dealkylation sites (tertiary alicyclic amines) is 2. The van der Waals surface area contributed by atoms with E-state index in [1.165, 1.54) is 5.56 Å². The standard InChI is InChI=1S/2C38H42N6O6.2CH2O2/c1-41(2)34-17-27-28(18-39-34)37(47)42(3)20-29(27)24-15-32(49-4)30(33(16-24)50-5)21-43-12-10-22(11-13-43)23-6-7-26-25(14-23)19-44(38(26)48)31-8-9-35(45)40-36(31)46;1-41(2)34-17-27-28(18-39-34)37(47)42(3)20-29(27)25-15-32(49-4)30(33(16-25)50-5)21-43-12-10-22(11-13-43)23-6-7-24-19-44(38(48)26(24)14-23)31-8-9-35(45)40-36(31)46;2*2-1-3/h2*6-7,14-18,20,22,31H,8-13,19,21H2,1-5H3,(H,40,45,46);2*1H,(H,2,3). The van der Waals surface area contributed by atoms with Crippen molar-refractivity contribution in [3.05, 3.63) is 163 Å².